The second kappa shape index (κ2) is 3.81. The van der Waals surface area contributed by atoms with Gasteiger partial charge in [0, 0.05) is 7.05 Å². The lowest BCUT2D eigenvalue weighted by Gasteiger charge is -2.42. The third-order valence-electron chi connectivity index (χ3n) is 2.59. The Hall–Kier alpha value is -1.10. The van der Waals surface area contributed by atoms with Crippen LogP contribution in [0.2, 0.25) is 0 Å². The van der Waals surface area contributed by atoms with E-state index in [0.29, 0.717) is 0 Å². The molecule has 0 aromatic rings. The highest BCUT2D eigenvalue weighted by Gasteiger charge is 2.45. The van der Waals surface area contributed by atoms with Gasteiger partial charge >= 0.3 is 5.97 Å². The molecule has 0 aliphatic carbocycles. The van der Waals surface area contributed by atoms with Crippen LogP contribution >= 0.6 is 0 Å². The number of hydrogen-bond acceptors (Lipinski definition) is 3. The Labute approximate surface area is 89.0 Å². The van der Waals surface area contributed by atoms with Crippen LogP contribution in [0.4, 0.5) is 0 Å². The molecular formula is C10H17NO4. The number of aliphatic carboxylic acids is 1. The van der Waals surface area contributed by atoms with E-state index in [1.807, 2.05) is 20.8 Å². The van der Waals surface area contributed by atoms with Crippen molar-refractivity contribution in [3.05, 3.63) is 0 Å². The van der Waals surface area contributed by atoms with Crippen LogP contribution in [0, 0.1) is 5.41 Å². The standard InChI is InChI=1S/C10H17NO4/c1-10(2,3)8-7(9(13)14)11(4)6(12)5-15-8/h7-8H,5H2,1-4H3,(H,13,14). The van der Waals surface area contributed by atoms with Crippen LogP contribution in [0.5, 0.6) is 0 Å². The van der Waals surface area contributed by atoms with E-state index in [-0.39, 0.29) is 17.9 Å². The van der Waals surface area contributed by atoms with Crippen molar-refractivity contribution in [2.45, 2.75) is 32.9 Å². The Morgan fingerprint density at radius 3 is 2.47 bits per heavy atom. The molecule has 0 aromatic heterocycles. The number of nitrogens with zero attached hydrogens (tertiary/aromatic N) is 1. The quantitative estimate of drug-likeness (QED) is 0.685. The summed E-state index contributed by atoms with van der Waals surface area (Å²) in [6.45, 7) is 5.66. The molecule has 5 nitrogen and oxygen atoms in total. The van der Waals surface area contributed by atoms with E-state index < -0.39 is 18.1 Å². The summed E-state index contributed by atoms with van der Waals surface area (Å²) in [7, 11) is 1.50. The number of carbonyl (C=O) groups is 2. The van der Waals surface area contributed by atoms with Crippen molar-refractivity contribution in [3.63, 3.8) is 0 Å². The first-order chi connectivity index (χ1) is 6.75. The van der Waals surface area contributed by atoms with E-state index in [0.717, 1.165) is 0 Å². The van der Waals surface area contributed by atoms with Crippen LogP contribution in [0.3, 0.4) is 0 Å². The first kappa shape index (κ1) is 12.0. The Balaban J connectivity index is 2.97. The molecule has 1 aliphatic heterocycles. The molecule has 1 heterocycles. The van der Waals surface area contributed by atoms with Crippen LogP contribution in [-0.2, 0) is 14.3 Å². The molecule has 0 radical (unpaired) electrons. The molecule has 1 aliphatic rings. The Kier molecular flexibility index (Phi) is 3.04. The van der Waals surface area contributed by atoms with Crippen LogP contribution in [0.25, 0.3) is 0 Å². The van der Waals surface area contributed by atoms with E-state index >= 15 is 0 Å². The fourth-order valence-electron chi connectivity index (χ4n) is 1.73. The van der Waals surface area contributed by atoms with Gasteiger partial charge in [-0.1, -0.05) is 20.8 Å². The smallest absolute Gasteiger partial charge is 0.329 e. The van der Waals surface area contributed by atoms with Crippen molar-refractivity contribution in [2.75, 3.05) is 13.7 Å². The highest BCUT2D eigenvalue weighted by atomic mass is 16.5. The molecule has 1 N–H and O–H groups in total. The van der Waals surface area contributed by atoms with Gasteiger partial charge in [-0.25, -0.2) is 4.79 Å². The van der Waals surface area contributed by atoms with Gasteiger partial charge in [-0.05, 0) is 5.41 Å². The van der Waals surface area contributed by atoms with Gasteiger partial charge in [-0.15, -0.1) is 0 Å². The molecular weight excluding hydrogens is 198 g/mol. The number of carboxylic acids is 1. The van der Waals surface area contributed by atoms with Crippen molar-refractivity contribution in [2.24, 2.45) is 5.41 Å². The highest BCUT2D eigenvalue weighted by Crippen LogP contribution is 2.29. The molecule has 0 bridgehead atoms. The van der Waals surface area contributed by atoms with Crippen LogP contribution < -0.4 is 0 Å². The Bertz CT molecular complexity index is 282. The van der Waals surface area contributed by atoms with E-state index in [2.05, 4.69) is 0 Å². The zero-order chi connectivity index (χ0) is 11.8. The van der Waals surface area contributed by atoms with Gasteiger partial charge in [0.25, 0.3) is 0 Å². The van der Waals surface area contributed by atoms with Crippen molar-refractivity contribution in [1.82, 2.24) is 4.90 Å². The largest absolute Gasteiger partial charge is 0.480 e. The zero-order valence-electron chi connectivity index (χ0n) is 9.48. The lowest BCUT2D eigenvalue weighted by molar-refractivity contribution is -0.177. The molecule has 0 aromatic carbocycles. The molecule has 1 amide bonds. The minimum atomic E-state index is -1.02. The predicted octanol–water partition coefficient (Wildman–Crippen LogP) is 0.343. The molecule has 0 saturated carbocycles. The third-order valence-corrected chi connectivity index (χ3v) is 2.59. The second-order valence-corrected chi connectivity index (χ2v) is 4.89. The van der Waals surface area contributed by atoms with Gasteiger partial charge in [0.1, 0.15) is 6.61 Å². The van der Waals surface area contributed by atoms with Gasteiger partial charge in [0.15, 0.2) is 6.04 Å². The van der Waals surface area contributed by atoms with E-state index in [4.69, 9.17) is 9.84 Å². The predicted molar refractivity (Wildman–Crippen MR) is 53.4 cm³/mol. The Morgan fingerprint density at radius 2 is 2.07 bits per heavy atom. The first-order valence-corrected chi connectivity index (χ1v) is 4.85. The van der Waals surface area contributed by atoms with Gasteiger partial charge in [-0.2, -0.15) is 0 Å². The maximum absolute atomic E-state index is 11.3. The lowest BCUT2D eigenvalue weighted by Crippen LogP contribution is -2.60. The number of carbonyl (C=O) groups excluding carboxylic acids is 1. The summed E-state index contributed by atoms with van der Waals surface area (Å²) >= 11 is 0. The normalized spacial score (nSPS) is 28.0. The summed E-state index contributed by atoms with van der Waals surface area (Å²) in [5, 5.41) is 9.09. The minimum absolute atomic E-state index is 0.0395. The number of carboxylic acid groups (broad SMARTS) is 1. The molecule has 5 heteroatoms. The van der Waals surface area contributed by atoms with Gasteiger partial charge < -0.3 is 14.7 Å². The number of likely N-dealkylation sites (N-methyl/N-ethyl adjacent to an activating group) is 1. The topological polar surface area (TPSA) is 66.8 Å². The molecule has 2 unspecified atom stereocenters. The van der Waals surface area contributed by atoms with E-state index in [9.17, 15) is 9.59 Å². The third kappa shape index (κ3) is 2.28. The van der Waals surface area contributed by atoms with Crippen molar-refractivity contribution in [1.29, 1.82) is 0 Å². The number of rotatable bonds is 1. The maximum atomic E-state index is 11.3. The minimum Gasteiger partial charge on any atom is -0.480 e. The van der Waals surface area contributed by atoms with Crippen LogP contribution in [0.15, 0.2) is 0 Å². The molecule has 86 valence electrons. The fourth-order valence-corrected chi connectivity index (χ4v) is 1.73. The average molecular weight is 215 g/mol. The highest BCUT2D eigenvalue weighted by molar-refractivity contribution is 5.85. The summed E-state index contributed by atoms with van der Waals surface area (Å²) in [6.07, 6.45) is -0.474. The molecule has 1 saturated heterocycles. The molecule has 2 atom stereocenters. The summed E-state index contributed by atoms with van der Waals surface area (Å²) in [5.74, 6) is -1.31. The van der Waals surface area contributed by atoms with Crippen LogP contribution in [-0.4, -0.2) is 47.7 Å². The van der Waals surface area contributed by atoms with Crippen molar-refractivity contribution >= 4 is 11.9 Å². The Morgan fingerprint density at radius 1 is 1.53 bits per heavy atom. The number of amides is 1. The molecule has 0 spiro atoms. The fraction of sp³-hybridized carbons (Fsp3) is 0.800. The lowest BCUT2D eigenvalue weighted by atomic mass is 9.83. The maximum Gasteiger partial charge on any atom is 0.329 e. The summed E-state index contributed by atoms with van der Waals surface area (Å²) in [6, 6.07) is -0.897. The number of morpholine rings is 1. The number of ether oxygens (including phenoxy) is 1. The summed E-state index contributed by atoms with van der Waals surface area (Å²) < 4.78 is 5.33. The summed E-state index contributed by atoms with van der Waals surface area (Å²) in [5.41, 5.74) is -0.308. The van der Waals surface area contributed by atoms with Crippen molar-refractivity contribution < 1.29 is 19.4 Å². The zero-order valence-corrected chi connectivity index (χ0v) is 9.48. The van der Waals surface area contributed by atoms with Gasteiger partial charge in [0.05, 0.1) is 6.10 Å². The van der Waals surface area contributed by atoms with Gasteiger partial charge in [0.2, 0.25) is 5.91 Å². The average Bonchev–Trinajstić information content (AvgIpc) is 2.06. The number of hydrogen-bond donors (Lipinski definition) is 1. The first-order valence-electron chi connectivity index (χ1n) is 4.85. The summed E-state index contributed by atoms with van der Waals surface area (Å²) in [4.78, 5) is 23.7. The van der Waals surface area contributed by atoms with E-state index in [1.165, 1.54) is 11.9 Å². The van der Waals surface area contributed by atoms with Gasteiger partial charge in [-0.3, -0.25) is 4.79 Å². The molecule has 1 rings (SSSR count). The SMILES string of the molecule is CN1C(=O)COC(C(C)(C)C)C1C(=O)O. The van der Waals surface area contributed by atoms with Crippen LogP contribution in [0.1, 0.15) is 20.8 Å². The molecule has 1 fully saturated rings. The molecule has 15 heavy (non-hydrogen) atoms. The monoisotopic (exact) mass is 215 g/mol. The van der Waals surface area contributed by atoms with Crippen molar-refractivity contribution in [3.8, 4) is 0 Å². The van der Waals surface area contributed by atoms with E-state index in [1.54, 1.807) is 0 Å². The second-order valence-electron chi connectivity index (χ2n) is 4.89.